The molecule has 0 radical (unpaired) electrons. The normalized spacial score (nSPS) is 14.9. The molecule has 0 spiro atoms. The number of fused-ring (bicyclic) bond motifs is 1. The highest BCUT2D eigenvalue weighted by Crippen LogP contribution is 2.19. The fraction of sp³-hybridized carbons (Fsp3) is 0.389. The summed E-state index contributed by atoms with van der Waals surface area (Å²) in [4.78, 5) is 11.3. The van der Waals surface area contributed by atoms with E-state index in [-0.39, 0.29) is 0 Å². The molecule has 0 saturated carbocycles. The Morgan fingerprint density at radius 1 is 1.16 bits per heavy atom. The van der Waals surface area contributed by atoms with E-state index in [1.807, 2.05) is 37.1 Å². The molecule has 0 unspecified atom stereocenters. The standard InChI is InChI=1S/C18H22N6O/c1-13-16-9-14(11-21-18(16)23(2)22-13)10-19-17-4-3-15(12-20-17)24-5-7-25-8-6-24/h3-4,9,11-12H,5-8,10H2,1-2H3,(H,19,20). The highest BCUT2D eigenvalue weighted by molar-refractivity contribution is 5.78. The highest BCUT2D eigenvalue weighted by Gasteiger charge is 2.11. The van der Waals surface area contributed by atoms with Crippen LogP contribution >= 0.6 is 0 Å². The van der Waals surface area contributed by atoms with Crippen LogP contribution in [0.3, 0.4) is 0 Å². The van der Waals surface area contributed by atoms with Gasteiger partial charge in [0.25, 0.3) is 0 Å². The van der Waals surface area contributed by atoms with Crippen molar-refractivity contribution < 1.29 is 4.74 Å². The summed E-state index contributed by atoms with van der Waals surface area (Å²) in [6, 6.07) is 6.26. The number of hydrogen-bond acceptors (Lipinski definition) is 6. The molecule has 0 aliphatic carbocycles. The summed E-state index contributed by atoms with van der Waals surface area (Å²) in [6.07, 6.45) is 3.80. The van der Waals surface area contributed by atoms with Crippen molar-refractivity contribution in [2.24, 2.45) is 7.05 Å². The van der Waals surface area contributed by atoms with Crippen LogP contribution in [-0.2, 0) is 18.3 Å². The zero-order valence-corrected chi connectivity index (χ0v) is 14.6. The molecule has 1 saturated heterocycles. The summed E-state index contributed by atoms with van der Waals surface area (Å²) >= 11 is 0. The fourth-order valence-electron chi connectivity index (χ4n) is 3.14. The SMILES string of the molecule is Cc1nn(C)c2ncc(CNc3ccc(N4CCOCC4)cn3)cc12. The molecule has 4 rings (SSSR count). The summed E-state index contributed by atoms with van der Waals surface area (Å²) in [7, 11) is 1.92. The zero-order valence-electron chi connectivity index (χ0n) is 14.6. The first-order chi connectivity index (χ1) is 12.2. The van der Waals surface area contributed by atoms with Crippen molar-refractivity contribution in [3.63, 3.8) is 0 Å². The second-order valence-corrected chi connectivity index (χ2v) is 6.28. The average Bonchev–Trinajstić information content (AvgIpc) is 2.95. The molecule has 0 atom stereocenters. The number of aryl methyl sites for hydroxylation is 2. The molecule has 0 aromatic carbocycles. The Morgan fingerprint density at radius 3 is 2.76 bits per heavy atom. The Morgan fingerprint density at radius 2 is 2.00 bits per heavy atom. The number of pyridine rings is 2. The minimum absolute atomic E-state index is 0.682. The van der Waals surface area contributed by atoms with E-state index in [2.05, 4.69) is 37.4 Å². The van der Waals surface area contributed by atoms with Crippen molar-refractivity contribution in [1.82, 2.24) is 19.7 Å². The second kappa shape index (κ2) is 6.68. The lowest BCUT2D eigenvalue weighted by Crippen LogP contribution is -2.36. The topological polar surface area (TPSA) is 68.1 Å². The molecular weight excluding hydrogens is 316 g/mol. The van der Waals surface area contributed by atoms with Gasteiger partial charge in [0.05, 0.1) is 30.8 Å². The third-order valence-corrected chi connectivity index (χ3v) is 4.52. The van der Waals surface area contributed by atoms with Crippen LogP contribution in [0, 0.1) is 6.92 Å². The molecule has 130 valence electrons. The van der Waals surface area contributed by atoms with Gasteiger partial charge in [0.2, 0.25) is 0 Å². The molecule has 1 fully saturated rings. The number of hydrogen-bond donors (Lipinski definition) is 1. The predicted molar refractivity (Wildman–Crippen MR) is 97.8 cm³/mol. The second-order valence-electron chi connectivity index (χ2n) is 6.28. The van der Waals surface area contributed by atoms with E-state index in [1.165, 1.54) is 0 Å². The van der Waals surface area contributed by atoms with Gasteiger partial charge in [-0.25, -0.2) is 9.97 Å². The minimum atomic E-state index is 0.682. The lowest BCUT2D eigenvalue weighted by molar-refractivity contribution is 0.122. The van der Waals surface area contributed by atoms with E-state index in [9.17, 15) is 0 Å². The van der Waals surface area contributed by atoms with Crippen LogP contribution in [0.1, 0.15) is 11.3 Å². The van der Waals surface area contributed by atoms with Gasteiger partial charge in [-0.05, 0) is 30.7 Å². The Bertz CT molecular complexity index is 867. The molecule has 4 heterocycles. The van der Waals surface area contributed by atoms with Gasteiger partial charge in [0.15, 0.2) is 5.65 Å². The first kappa shape index (κ1) is 15.8. The van der Waals surface area contributed by atoms with Crippen molar-refractivity contribution in [3.05, 3.63) is 41.9 Å². The highest BCUT2D eigenvalue weighted by atomic mass is 16.5. The van der Waals surface area contributed by atoms with Gasteiger partial charge in [0, 0.05) is 38.3 Å². The van der Waals surface area contributed by atoms with Crippen molar-refractivity contribution in [1.29, 1.82) is 0 Å². The van der Waals surface area contributed by atoms with Crippen molar-refractivity contribution in [2.75, 3.05) is 36.5 Å². The van der Waals surface area contributed by atoms with Gasteiger partial charge in [-0.1, -0.05) is 0 Å². The maximum absolute atomic E-state index is 5.39. The third kappa shape index (κ3) is 3.28. The molecule has 7 nitrogen and oxygen atoms in total. The molecule has 1 aliphatic heterocycles. The molecule has 3 aromatic rings. The third-order valence-electron chi connectivity index (χ3n) is 4.52. The number of anilines is 2. The van der Waals surface area contributed by atoms with E-state index in [0.29, 0.717) is 6.54 Å². The van der Waals surface area contributed by atoms with Crippen LogP contribution in [0.4, 0.5) is 11.5 Å². The smallest absolute Gasteiger partial charge is 0.157 e. The minimum Gasteiger partial charge on any atom is -0.378 e. The molecule has 25 heavy (non-hydrogen) atoms. The van der Waals surface area contributed by atoms with Gasteiger partial charge in [0.1, 0.15) is 5.82 Å². The van der Waals surface area contributed by atoms with Crippen LogP contribution in [0.15, 0.2) is 30.6 Å². The molecule has 0 amide bonds. The quantitative estimate of drug-likeness (QED) is 0.786. The van der Waals surface area contributed by atoms with Crippen LogP contribution in [0.5, 0.6) is 0 Å². The van der Waals surface area contributed by atoms with Gasteiger partial charge in [-0.15, -0.1) is 0 Å². The average molecular weight is 338 g/mol. The van der Waals surface area contributed by atoms with Crippen molar-refractivity contribution in [2.45, 2.75) is 13.5 Å². The van der Waals surface area contributed by atoms with Crippen molar-refractivity contribution >= 4 is 22.5 Å². The van der Waals surface area contributed by atoms with Gasteiger partial charge >= 0.3 is 0 Å². The van der Waals surface area contributed by atoms with Crippen LogP contribution in [0.2, 0.25) is 0 Å². The maximum atomic E-state index is 5.39. The Labute approximate surface area is 146 Å². The maximum Gasteiger partial charge on any atom is 0.157 e. The number of nitrogens with zero attached hydrogens (tertiary/aromatic N) is 5. The van der Waals surface area contributed by atoms with E-state index < -0.39 is 0 Å². The number of morpholine rings is 1. The largest absolute Gasteiger partial charge is 0.378 e. The summed E-state index contributed by atoms with van der Waals surface area (Å²) in [5.41, 5.74) is 4.17. The lowest BCUT2D eigenvalue weighted by Gasteiger charge is -2.28. The van der Waals surface area contributed by atoms with Crippen LogP contribution in [-0.4, -0.2) is 46.1 Å². The van der Waals surface area contributed by atoms with Crippen molar-refractivity contribution in [3.8, 4) is 0 Å². The monoisotopic (exact) mass is 338 g/mol. The Hall–Kier alpha value is -2.67. The van der Waals surface area contributed by atoms with Crippen LogP contribution in [0.25, 0.3) is 11.0 Å². The molecular formula is C18H22N6O. The number of rotatable bonds is 4. The van der Waals surface area contributed by atoms with E-state index >= 15 is 0 Å². The lowest BCUT2D eigenvalue weighted by atomic mass is 10.2. The van der Waals surface area contributed by atoms with Gasteiger partial charge in [-0.3, -0.25) is 4.68 Å². The van der Waals surface area contributed by atoms with Gasteiger partial charge < -0.3 is 15.0 Å². The molecule has 0 bridgehead atoms. The first-order valence-electron chi connectivity index (χ1n) is 8.51. The van der Waals surface area contributed by atoms with E-state index in [4.69, 9.17) is 4.74 Å². The molecule has 7 heteroatoms. The number of aromatic nitrogens is 4. The number of ether oxygens (including phenoxy) is 1. The Kier molecular flexibility index (Phi) is 4.23. The molecule has 1 aliphatic rings. The van der Waals surface area contributed by atoms with E-state index in [0.717, 1.165) is 60.1 Å². The Balaban J connectivity index is 1.43. The molecule has 3 aromatic heterocycles. The zero-order chi connectivity index (χ0) is 17.2. The molecule has 1 N–H and O–H groups in total. The summed E-state index contributed by atoms with van der Waals surface area (Å²) in [5, 5.41) is 8.87. The summed E-state index contributed by atoms with van der Waals surface area (Å²) in [6.45, 7) is 6.09. The predicted octanol–water partition coefficient (Wildman–Crippen LogP) is 2.12. The first-order valence-corrected chi connectivity index (χ1v) is 8.51. The number of nitrogens with one attached hydrogen (secondary N) is 1. The summed E-state index contributed by atoms with van der Waals surface area (Å²) in [5.74, 6) is 0.861. The summed E-state index contributed by atoms with van der Waals surface area (Å²) < 4.78 is 7.20. The fourth-order valence-corrected chi connectivity index (χ4v) is 3.14. The van der Waals surface area contributed by atoms with Crippen LogP contribution < -0.4 is 10.2 Å². The van der Waals surface area contributed by atoms with E-state index in [1.54, 1.807) is 0 Å². The van der Waals surface area contributed by atoms with Gasteiger partial charge in [-0.2, -0.15) is 5.10 Å².